The number of urea groups is 1. The monoisotopic (exact) mass is 272 g/mol. The van der Waals surface area contributed by atoms with Crippen molar-refractivity contribution in [1.82, 2.24) is 9.80 Å². The molecule has 3 rings (SSSR count). The lowest BCUT2D eigenvalue weighted by atomic mass is 10.1. The van der Waals surface area contributed by atoms with Crippen molar-refractivity contribution in [3.63, 3.8) is 0 Å². The van der Waals surface area contributed by atoms with Gasteiger partial charge in [-0.25, -0.2) is 9.59 Å². The molecule has 0 atom stereocenters. The number of carboxylic acid groups (broad SMARTS) is 1. The Morgan fingerprint density at radius 1 is 1.05 bits per heavy atom. The van der Waals surface area contributed by atoms with E-state index in [1.54, 1.807) is 17.0 Å². The van der Waals surface area contributed by atoms with Gasteiger partial charge in [0.15, 0.2) is 0 Å². The fourth-order valence-electron chi connectivity index (χ4n) is 2.68. The second kappa shape index (κ2) is 5.00. The van der Waals surface area contributed by atoms with Crippen LogP contribution in [0.1, 0.15) is 27.9 Å². The van der Waals surface area contributed by atoms with Crippen LogP contribution >= 0.6 is 0 Å². The summed E-state index contributed by atoms with van der Waals surface area (Å²) in [4.78, 5) is 27.0. The molecule has 1 aromatic rings. The van der Waals surface area contributed by atoms with Crippen molar-refractivity contribution in [2.24, 2.45) is 0 Å². The molecular formula is C15H16N2O3. The summed E-state index contributed by atoms with van der Waals surface area (Å²) in [6.07, 6.45) is 4.99. The van der Waals surface area contributed by atoms with Gasteiger partial charge >= 0.3 is 12.0 Å². The number of fused-ring (bicyclic) bond motifs is 1. The van der Waals surface area contributed by atoms with Crippen molar-refractivity contribution in [3.05, 3.63) is 47.0 Å². The lowest BCUT2D eigenvalue weighted by Crippen LogP contribution is -2.42. The molecule has 0 unspecified atom stereocenters. The number of hydrogen-bond donors (Lipinski definition) is 1. The van der Waals surface area contributed by atoms with Crippen LogP contribution in [0, 0.1) is 0 Å². The molecule has 5 heteroatoms. The van der Waals surface area contributed by atoms with Gasteiger partial charge in [0, 0.05) is 26.2 Å². The highest BCUT2D eigenvalue weighted by molar-refractivity contribution is 5.88. The summed E-state index contributed by atoms with van der Waals surface area (Å²) in [5.41, 5.74) is 2.25. The minimum atomic E-state index is -0.932. The molecule has 2 heterocycles. The summed E-state index contributed by atoms with van der Waals surface area (Å²) in [5.74, 6) is -0.932. The number of carbonyl (C=O) groups is 2. The average molecular weight is 272 g/mol. The van der Waals surface area contributed by atoms with Crippen molar-refractivity contribution in [3.8, 4) is 0 Å². The molecule has 0 saturated carbocycles. The van der Waals surface area contributed by atoms with E-state index in [0.717, 1.165) is 24.1 Å². The number of rotatable bonds is 1. The van der Waals surface area contributed by atoms with E-state index < -0.39 is 5.97 Å². The lowest BCUT2D eigenvalue weighted by molar-refractivity contribution is 0.0696. The number of carboxylic acids is 1. The Hall–Kier alpha value is -2.30. The fourth-order valence-corrected chi connectivity index (χ4v) is 2.68. The zero-order valence-electron chi connectivity index (χ0n) is 11.1. The van der Waals surface area contributed by atoms with Gasteiger partial charge < -0.3 is 14.9 Å². The van der Waals surface area contributed by atoms with E-state index in [4.69, 9.17) is 5.11 Å². The third-order valence-corrected chi connectivity index (χ3v) is 3.77. The van der Waals surface area contributed by atoms with E-state index >= 15 is 0 Å². The Morgan fingerprint density at radius 2 is 1.85 bits per heavy atom. The molecule has 5 nitrogen and oxygen atoms in total. The van der Waals surface area contributed by atoms with Crippen LogP contribution in [0.15, 0.2) is 30.4 Å². The molecule has 1 N–H and O–H groups in total. The predicted octanol–water partition coefficient (Wildman–Crippen LogP) is 2.08. The highest BCUT2D eigenvalue weighted by Gasteiger charge is 2.27. The van der Waals surface area contributed by atoms with Crippen LogP contribution in [-0.2, 0) is 13.1 Å². The number of carbonyl (C=O) groups excluding carboxylic acids is 1. The minimum Gasteiger partial charge on any atom is -0.478 e. The van der Waals surface area contributed by atoms with Crippen molar-refractivity contribution < 1.29 is 14.7 Å². The normalized spacial score (nSPS) is 17.2. The van der Waals surface area contributed by atoms with Gasteiger partial charge in [0.2, 0.25) is 0 Å². The van der Waals surface area contributed by atoms with Crippen LogP contribution in [0.5, 0.6) is 0 Å². The van der Waals surface area contributed by atoms with Gasteiger partial charge in [-0.2, -0.15) is 0 Å². The maximum absolute atomic E-state index is 12.4. The summed E-state index contributed by atoms with van der Waals surface area (Å²) in [6.45, 7) is 2.47. The molecule has 104 valence electrons. The van der Waals surface area contributed by atoms with Crippen LogP contribution in [0.4, 0.5) is 4.79 Å². The highest BCUT2D eigenvalue weighted by Crippen LogP contribution is 2.25. The van der Waals surface area contributed by atoms with E-state index in [-0.39, 0.29) is 11.6 Å². The molecule has 0 aromatic heterocycles. The van der Waals surface area contributed by atoms with Gasteiger partial charge in [-0.3, -0.25) is 0 Å². The molecule has 0 spiro atoms. The maximum Gasteiger partial charge on any atom is 0.335 e. The molecule has 0 bridgehead atoms. The molecule has 2 amide bonds. The SMILES string of the molecule is O=C(O)c1ccc2c(c1)CN(C(=O)N1CC=CCC1)C2. The largest absolute Gasteiger partial charge is 0.478 e. The molecule has 0 aliphatic carbocycles. The second-order valence-corrected chi connectivity index (χ2v) is 5.13. The van der Waals surface area contributed by atoms with Gasteiger partial charge in [0.25, 0.3) is 0 Å². The molecular weight excluding hydrogens is 256 g/mol. The van der Waals surface area contributed by atoms with E-state index in [2.05, 4.69) is 6.08 Å². The van der Waals surface area contributed by atoms with Crippen LogP contribution in [0.3, 0.4) is 0 Å². The summed E-state index contributed by atoms with van der Waals surface area (Å²) >= 11 is 0. The zero-order valence-corrected chi connectivity index (χ0v) is 11.1. The molecule has 0 saturated heterocycles. The standard InChI is InChI=1S/C15H16N2O3/c18-14(19)11-4-5-12-9-17(10-13(12)8-11)15(20)16-6-2-1-3-7-16/h1-2,4-5,8H,3,6-7,9-10H2,(H,18,19). The summed E-state index contributed by atoms with van der Waals surface area (Å²) in [5, 5.41) is 9.00. The van der Waals surface area contributed by atoms with Crippen molar-refractivity contribution >= 4 is 12.0 Å². The Morgan fingerprint density at radius 3 is 2.55 bits per heavy atom. The third kappa shape index (κ3) is 2.27. The molecule has 1 aromatic carbocycles. The van der Waals surface area contributed by atoms with Crippen molar-refractivity contribution in [1.29, 1.82) is 0 Å². The third-order valence-electron chi connectivity index (χ3n) is 3.77. The second-order valence-electron chi connectivity index (χ2n) is 5.13. The van der Waals surface area contributed by atoms with E-state index in [1.807, 2.05) is 17.0 Å². The summed E-state index contributed by atoms with van der Waals surface area (Å²) in [6, 6.07) is 5.10. The number of hydrogen-bond acceptors (Lipinski definition) is 2. The maximum atomic E-state index is 12.4. The number of amides is 2. The topological polar surface area (TPSA) is 60.9 Å². The lowest BCUT2D eigenvalue weighted by Gasteiger charge is -2.28. The molecule has 2 aliphatic rings. The number of aromatic carboxylic acids is 1. The number of nitrogens with zero attached hydrogens (tertiary/aromatic N) is 2. The molecule has 20 heavy (non-hydrogen) atoms. The molecule has 0 fully saturated rings. The predicted molar refractivity (Wildman–Crippen MR) is 73.4 cm³/mol. The first-order valence-electron chi connectivity index (χ1n) is 6.69. The van der Waals surface area contributed by atoms with Gasteiger partial charge in [0.1, 0.15) is 0 Å². The van der Waals surface area contributed by atoms with E-state index in [9.17, 15) is 9.59 Å². The smallest absolute Gasteiger partial charge is 0.335 e. The first-order chi connectivity index (χ1) is 9.65. The zero-order chi connectivity index (χ0) is 14.1. The summed E-state index contributed by atoms with van der Waals surface area (Å²) < 4.78 is 0. The van der Waals surface area contributed by atoms with Crippen molar-refractivity contribution in [2.75, 3.05) is 13.1 Å². The summed E-state index contributed by atoms with van der Waals surface area (Å²) in [7, 11) is 0. The fraction of sp³-hybridized carbons (Fsp3) is 0.333. The molecule has 0 radical (unpaired) electrons. The van der Waals surface area contributed by atoms with E-state index in [0.29, 0.717) is 19.6 Å². The Kier molecular flexibility index (Phi) is 3.18. The average Bonchev–Trinajstić information content (AvgIpc) is 2.90. The van der Waals surface area contributed by atoms with E-state index in [1.165, 1.54) is 0 Å². The first kappa shape index (κ1) is 12.7. The minimum absolute atomic E-state index is 0.0300. The first-order valence-corrected chi connectivity index (χ1v) is 6.69. The Balaban J connectivity index is 1.74. The van der Waals surface area contributed by atoms with Gasteiger partial charge in [0.05, 0.1) is 5.56 Å². The Labute approximate surface area is 117 Å². The van der Waals surface area contributed by atoms with Crippen LogP contribution in [-0.4, -0.2) is 40.0 Å². The van der Waals surface area contributed by atoms with Crippen molar-refractivity contribution in [2.45, 2.75) is 19.5 Å². The van der Waals surface area contributed by atoms with Gasteiger partial charge in [-0.1, -0.05) is 18.2 Å². The van der Waals surface area contributed by atoms with Gasteiger partial charge in [-0.15, -0.1) is 0 Å². The molecule has 2 aliphatic heterocycles. The van der Waals surface area contributed by atoms with Crippen LogP contribution in [0.2, 0.25) is 0 Å². The quantitative estimate of drug-likeness (QED) is 0.796. The Bertz CT molecular complexity index is 595. The van der Waals surface area contributed by atoms with Gasteiger partial charge in [-0.05, 0) is 29.7 Å². The number of benzene rings is 1. The van der Waals surface area contributed by atoms with Crippen LogP contribution in [0.25, 0.3) is 0 Å². The van der Waals surface area contributed by atoms with Crippen LogP contribution < -0.4 is 0 Å². The highest BCUT2D eigenvalue weighted by atomic mass is 16.4.